The maximum absolute atomic E-state index is 6.28. The second-order valence-corrected chi connectivity index (χ2v) is 12.0. The summed E-state index contributed by atoms with van der Waals surface area (Å²) in [6, 6.07) is 0. The first kappa shape index (κ1) is 19.8. The van der Waals surface area contributed by atoms with Crippen LogP contribution in [0.5, 0.6) is 0 Å². The molecule has 0 saturated heterocycles. The Balaban J connectivity index is 3.90. The van der Waals surface area contributed by atoms with E-state index in [1.165, 1.54) is 44.9 Å². The first-order chi connectivity index (χ1) is 8.86. The van der Waals surface area contributed by atoms with E-state index in [1.54, 1.807) is 0 Å². The van der Waals surface area contributed by atoms with E-state index in [0.717, 1.165) is 17.8 Å². The van der Waals surface area contributed by atoms with Crippen molar-refractivity contribution in [2.45, 2.75) is 85.1 Å². The van der Waals surface area contributed by atoms with Gasteiger partial charge < -0.3 is 0 Å². The van der Waals surface area contributed by atoms with E-state index in [-0.39, 0.29) is 0 Å². The second-order valence-electron chi connectivity index (χ2n) is 6.85. The molecule has 0 aromatic heterocycles. The van der Waals surface area contributed by atoms with E-state index in [9.17, 15) is 0 Å². The third-order valence-electron chi connectivity index (χ3n) is 4.27. The van der Waals surface area contributed by atoms with Crippen LogP contribution in [-0.2, 0) is 0 Å². The maximum Gasteiger partial charge on any atom is 0.240 e. The largest absolute Gasteiger partial charge is 0.240 e. The van der Waals surface area contributed by atoms with Crippen LogP contribution in [0.15, 0.2) is 0 Å². The highest BCUT2D eigenvalue weighted by atomic mass is 35.7. The molecular formula is C16H34Cl2Si. The van der Waals surface area contributed by atoms with E-state index in [4.69, 9.17) is 22.2 Å². The van der Waals surface area contributed by atoms with Crippen molar-refractivity contribution in [3.05, 3.63) is 0 Å². The van der Waals surface area contributed by atoms with Crippen molar-refractivity contribution in [2.75, 3.05) is 0 Å². The second kappa shape index (κ2) is 11.5. The van der Waals surface area contributed by atoms with Crippen LogP contribution in [0.2, 0.25) is 5.54 Å². The molecule has 0 aliphatic rings. The quantitative estimate of drug-likeness (QED) is 0.292. The number of rotatable bonds is 11. The molecule has 0 fully saturated rings. The lowest BCUT2D eigenvalue weighted by atomic mass is 9.93. The Morgan fingerprint density at radius 3 is 1.95 bits per heavy atom. The molecule has 0 aromatic rings. The fraction of sp³-hybridized carbons (Fsp3) is 1.00. The summed E-state index contributed by atoms with van der Waals surface area (Å²) >= 11 is 12.6. The van der Waals surface area contributed by atoms with Crippen molar-refractivity contribution in [3.8, 4) is 0 Å². The molecule has 3 heteroatoms. The van der Waals surface area contributed by atoms with Crippen LogP contribution < -0.4 is 0 Å². The summed E-state index contributed by atoms with van der Waals surface area (Å²) in [6.45, 7) is 11.6. The summed E-state index contributed by atoms with van der Waals surface area (Å²) in [5.74, 6) is 2.45. The van der Waals surface area contributed by atoms with Crippen LogP contribution >= 0.6 is 22.2 Å². The predicted octanol–water partition coefficient (Wildman–Crippen LogP) is 6.73. The van der Waals surface area contributed by atoms with E-state index in [0.29, 0.717) is 5.54 Å². The first-order valence-corrected chi connectivity index (χ1v) is 12.3. The van der Waals surface area contributed by atoms with E-state index < -0.39 is 7.42 Å². The number of hydrogen-bond donors (Lipinski definition) is 0. The Morgan fingerprint density at radius 1 is 0.842 bits per heavy atom. The van der Waals surface area contributed by atoms with Crippen molar-refractivity contribution < 1.29 is 0 Å². The summed E-state index contributed by atoms with van der Waals surface area (Å²) in [7, 11) is -1.51. The zero-order valence-corrected chi connectivity index (χ0v) is 16.3. The van der Waals surface area contributed by atoms with Gasteiger partial charge in [0.1, 0.15) is 0 Å². The van der Waals surface area contributed by atoms with Gasteiger partial charge in [-0.25, -0.2) is 0 Å². The molecule has 0 heterocycles. The minimum atomic E-state index is -1.51. The molecule has 0 aromatic carbocycles. The van der Waals surface area contributed by atoms with Gasteiger partial charge in [0, 0.05) is 0 Å². The van der Waals surface area contributed by atoms with Gasteiger partial charge in [0.05, 0.1) is 0 Å². The minimum Gasteiger partial charge on any atom is -0.150 e. The third-order valence-corrected chi connectivity index (χ3v) is 7.72. The lowest BCUT2D eigenvalue weighted by Gasteiger charge is -2.22. The van der Waals surface area contributed by atoms with Gasteiger partial charge in [0.25, 0.3) is 0 Å². The standard InChI is InChI=1S/C16H34Cl2Si/c1-6-14(4)12-16(19(17)18)11-10-15(5)9-7-8-13(2)3/h13-16,19H,6-12H2,1-5H3/t14-,15+,16?/m0/s1. The first-order valence-electron chi connectivity index (χ1n) is 8.14. The SMILES string of the molecule is CC[C@H](C)CC(CC[C@H](C)CCCC(C)C)[SiH](Cl)Cl. The van der Waals surface area contributed by atoms with Gasteiger partial charge in [0.2, 0.25) is 7.42 Å². The van der Waals surface area contributed by atoms with Crippen LogP contribution in [0, 0.1) is 17.8 Å². The Morgan fingerprint density at radius 2 is 1.47 bits per heavy atom. The highest BCUT2D eigenvalue weighted by Gasteiger charge is 2.21. The van der Waals surface area contributed by atoms with Gasteiger partial charge in [0.15, 0.2) is 0 Å². The zero-order valence-electron chi connectivity index (χ0n) is 13.6. The molecule has 3 atom stereocenters. The zero-order chi connectivity index (χ0) is 14.8. The molecular weight excluding hydrogens is 291 g/mol. The van der Waals surface area contributed by atoms with Gasteiger partial charge in [-0.15, -0.1) is 0 Å². The smallest absolute Gasteiger partial charge is 0.150 e. The average Bonchev–Trinajstić information content (AvgIpc) is 2.33. The van der Waals surface area contributed by atoms with E-state index in [1.807, 2.05) is 0 Å². The topological polar surface area (TPSA) is 0 Å². The molecule has 19 heavy (non-hydrogen) atoms. The number of hydrogen-bond acceptors (Lipinski definition) is 0. The molecule has 0 nitrogen and oxygen atoms in total. The molecule has 116 valence electrons. The Bertz CT molecular complexity index is 207. The summed E-state index contributed by atoms with van der Waals surface area (Å²) in [5.41, 5.74) is 0.617. The Hall–Kier alpha value is 0.797. The molecule has 0 N–H and O–H groups in total. The fourth-order valence-electron chi connectivity index (χ4n) is 2.55. The van der Waals surface area contributed by atoms with Crippen LogP contribution in [-0.4, -0.2) is 7.42 Å². The van der Waals surface area contributed by atoms with Crippen molar-refractivity contribution in [1.29, 1.82) is 0 Å². The van der Waals surface area contributed by atoms with Crippen LogP contribution in [0.25, 0.3) is 0 Å². The van der Waals surface area contributed by atoms with E-state index in [2.05, 4.69) is 34.6 Å². The molecule has 0 spiro atoms. The summed E-state index contributed by atoms with van der Waals surface area (Å²) < 4.78 is 0. The molecule has 0 aliphatic heterocycles. The van der Waals surface area contributed by atoms with Crippen molar-refractivity contribution >= 4 is 29.6 Å². The summed E-state index contributed by atoms with van der Waals surface area (Å²) in [6.07, 6.45) is 9.14. The van der Waals surface area contributed by atoms with Gasteiger partial charge in [-0.2, -0.15) is 22.2 Å². The Kier molecular flexibility index (Phi) is 11.9. The van der Waals surface area contributed by atoms with Gasteiger partial charge >= 0.3 is 0 Å². The van der Waals surface area contributed by atoms with Gasteiger partial charge in [-0.1, -0.05) is 73.1 Å². The summed E-state index contributed by atoms with van der Waals surface area (Å²) in [5, 5.41) is 0. The Labute approximate surface area is 132 Å². The van der Waals surface area contributed by atoms with Crippen LogP contribution in [0.1, 0.15) is 79.6 Å². The third kappa shape index (κ3) is 11.2. The van der Waals surface area contributed by atoms with Gasteiger partial charge in [-0.3, -0.25) is 0 Å². The molecule has 1 unspecified atom stereocenters. The lowest BCUT2D eigenvalue weighted by molar-refractivity contribution is 0.404. The maximum atomic E-state index is 6.28. The lowest BCUT2D eigenvalue weighted by Crippen LogP contribution is -2.12. The van der Waals surface area contributed by atoms with Gasteiger partial charge in [-0.05, 0) is 29.7 Å². The molecule has 0 aliphatic carbocycles. The molecule has 0 amide bonds. The van der Waals surface area contributed by atoms with Crippen LogP contribution in [0.4, 0.5) is 0 Å². The molecule has 0 radical (unpaired) electrons. The fourth-order valence-corrected chi connectivity index (χ4v) is 5.04. The highest BCUT2D eigenvalue weighted by molar-refractivity contribution is 7.34. The molecule has 0 bridgehead atoms. The average molecular weight is 325 g/mol. The summed E-state index contributed by atoms with van der Waals surface area (Å²) in [4.78, 5) is 0. The minimum absolute atomic E-state index is 0.617. The van der Waals surface area contributed by atoms with E-state index >= 15 is 0 Å². The predicted molar refractivity (Wildman–Crippen MR) is 93.8 cm³/mol. The number of halogens is 2. The normalized spacial score (nSPS) is 16.9. The van der Waals surface area contributed by atoms with Crippen molar-refractivity contribution in [3.63, 3.8) is 0 Å². The monoisotopic (exact) mass is 324 g/mol. The van der Waals surface area contributed by atoms with Crippen molar-refractivity contribution in [2.24, 2.45) is 17.8 Å². The van der Waals surface area contributed by atoms with Crippen molar-refractivity contribution in [1.82, 2.24) is 0 Å². The molecule has 0 rings (SSSR count). The van der Waals surface area contributed by atoms with Crippen LogP contribution in [0.3, 0.4) is 0 Å². The highest BCUT2D eigenvalue weighted by Crippen LogP contribution is 2.33. The molecule has 0 saturated carbocycles.